The average molecular weight is 385 g/mol. The molecule has 4 fully saturated rings. The lowest BCUT2D eigenvalue weighted by Crippen LogP contribution is -2.53. The lowest BCUT2D eigenvalue weighted by atomic mass is 9.44. The van der Waals surface area contributed by atoms with Crippen molar-refractivity contribution in [1.82, 2.24) is 0 Å². The maximum Gasteiger partial charge on any atom is 0.389 e. The van der Waals surface area contributed by atoms with Crippen LogP contribution in [0.4, 0.5) is 13.2 Å². The zero-order valence-corrected chi connectivity index (χ0v) is 17.6. The zero-order chi connectivity index (χ0) is 19.4. The van der Waals surface area contributed by atoms with Gasteiger partial charge in [-0.3, -0.25) is 0 Å². The van der Waals surface area contributed by atoms with Crippen LogP contribution in [0.3, 0.4) is 0 Å². The highest BCUT2D eigenvalue weighted by Gasteiger charge is 2.60. The molecule has 0 aromatic rings. The predicted molar refractivity (Wildman–Crippen MR) is 104 cm³/mol. The Morgan fingerprint density at radius 3 is 2.26 bits per heavy atom. The van der Waals surface area contributed by atoms with Crippen molar-refractivity contribution in [2.24, 2.45) is 46.3 Å². The Morgan fingerprint density at radius 1 is 0.852 bits per heavy atom. The Kier molecular flexibility index (Phi) is 5.16. The smallest absolute Gasteiger partial charge is 0.171 e. The largest absolute Gasteiger partial charge is 0.389 e. The summed E-state index contributed by atoms with van der Waals surface area (Å²) in [5.41, 5.74) is 0.691. The fourth-order valence-electron chi connectivity index (χ4n) is 8.64. The molecule has 0 aromatic heterocycles. The molecule has 0 spiro atoms. The van der Waals surface area contributed by atoms with Gasteiger partial charge in [0.1, 0.15) is 0 Å². The second-order valence-electron chi connectivity index (χ2n) is 11.2. The van der Waals surface area contributed by atoms with Crippen LogP contribution >= 0.6 is 0 Å². The van der Waals surface area contributed by atoms with Crippen molar-refractivity contribution >= 4 is 0 Å². The van der Waals surface area contributed by atoms with Crippen molar-refractivity contribution in [2.45, 2.75) is 104 Å². The molecular weight excluding hydrogens is 345 g/mol. The number of hydrogen-bond donors (Lipinski definition) is 0. The van der Waals surface area contributed by atoms with E-state index in [1.807, 2.05) is 0 Å². The van der Waals surface area contributed by atoms with Gasteiger partial charge in [-0.2, -0.15) is 13.2 Å². The topological polar surface area (TPSA) is 0 Å². The van der Waals surface area contributed by atoms with Crippen LogP contribution in [0.15, 0.2) is 0 Å². The highest BCUT2D eigenvalue weighted by Crippen LogP contribution is 2.68. The molecule has 0 saturated heterocycles. The van der Waals surface area contributed by atoms with E-state index in [0.717, 1.165) is 30.1 Å². The molecule has 0 aromatic carbocycles. The van der Waals surface area contributed by atoms with Crippen molar-refractivity contribution in [3.63, 3.8) is 0 Å². The highest BCUT2D eigenvalue weighted by atomic mass is 19.4. The number of fused-ring (bicyclic) bond motifs is 5. The van der Waals surface area contributed by atoms with Crippen molar-refractivity contribution in [2.75, 3.05) is 0 Å². The first kappa shape index (κ1) is 20.1. The van der Waals surface area contributed by atoms with Crippen LogP contribution in [0, 0.1) is 46.3 Å². The van der Waals surface area contributed by atoms with Gasteiger partial charge in [0.25, 0.3) is 0 Å². The fraction of sp³-hybridized carbons (Fsp3) is 1.00. The molecule has 8 atom stereocenters. The second kappa shape index (κ2) is 6.94. The zero-order valence-electron chi connectivity index (χ0n) is 17.6. The van der Waals surface area contributed by atoms with E-state index < -0.39 is 12.6 Å². The fourth-order valence-corrected chi connectivity index (χ4v) is 8.64. The number of rotatable bonds is 3. The van der Waals surface area contributed by atoms with Gasteiger partial charge < -0.3 is 0 Å². The third kappa shape index (κ3) is 3.37. The van der Waals surface area contributed by atoms with E-state index in [0.29, 0.717) is 23.7 Å². The normalized spacial score (nSPS) is 50.0. The summed E-state index contributed by atoms with van der Waals surface area (Å²) in [5, 5.41) is 0. The van der Waals surface area contributed by atoms with Crippen LogP contribution in [-0.4, -0.2) is 6.18 Å². The summed E-state index contributed by atoms with van der Waals surface area (Å²) in [5.74, 6) is 4.46. The van der Waals surface area contributed by atoms with Crippen molar-refractivity contribution in [1.29, 1.82) is 0 Å². The number of halogens is 3. The quantitative estimate of drug-likeness (QED) is 0.462. The Morgan fingerprint density at radius 2 is 1.56 bits per heavy atom. The monoisotopic (exact) mass is 384 g/mol. The van der Waals surface area contributed by atoms with E-state index in [4.69, 9.17) is 0 Å². The summed E-state index contributed by atoms with van der Waals surface area (Å²) in [6.07, 6.45) is 8.81. The third-order valence-electron chi connectivity index (χ3n) is 10.3. The van der Waals surface area contributed by atoms with E-state index in [2.05, 4.69) is 20.8 Å². The summed E-state index contributed by atoms with van der Waals surface area (Å²) < 4.78 is 38.5. The molecule has 0 heterocycles. The Hall–Kier alpha value is -0.210. The molecule has 4 aliphatic rings. The minimum absolute atomic E-state index is 0.177. The van der Waals surface area contributed by atoms with Crippen molar-refractivity contribution < 1.29 is 13.2 Å². The molecule has 4 aliphatic carbocycles. The minimum atomic E-state index is -3.99. The SMILES string of the molecule is CC[C@H]1CCC2(C)C(CC[C@H]3C4CCC(CCC(F)(F)F)C4(C)CCC32)C1. The highest BCUT2D eigenvalue weighted by molar-refractivity contribution is 5.09. The van der Waals surface area contributed by atoms with Crippen LogP contribution in [0.25, 0.3) is 0 Å². The molecule has 0 radical (unpaired) electrons. The predicted octanol–water partition coefficient (Wildman–Crippen LogP) is 8.01. The molecule has 4 saturated carbocycles. The molecule has 6 unspecified atom stereocenters. The molecule has 0 nitrogen and oxygen atoms in total. The summed E-state index contributed by atoms with van der Waals surface area (Å²) in [6, 6.07) is 0. The molecule has 0 bridgehead atoms. The van der Waals surface area contributed by atoms with Crippen LogP contribution in [0.5, 0.6) is 0 Å². The average Bonchev–Trinajstić information content (AvgIpc) is 2.95. The molecule has 0 N–H and O–H groups in total. The van der Waals surface area contributed by atoms with Crippen LogP contribution < -0.4 is 0 Å². The number of alkyl halides is 3. The van der Waals surface area contributed by atoms with Gasteiger partial charge in [-0.15, -0.1) is 0 Å². The first-order chi connectivity index (χ1) is 12.7. The lowest BCUT2D eigenvalue weighted by Gasteiger charge is -2.61. The van der Waals surface area contributed by atoms with Crippen LogP contribution in [0.2, 0.25) is 0 Å². The van der Waals surface area contributed by atoms with Gasteiger partial charge in [0.2, 0.25) is 0 Å². The molecule has 0 aliphatic heterocycles. The van der Waals surface area contributed by atoms with Gasteiger partial charge in [0.15, 0.2) is 0 Å². The second-order valence-corrected chi connectivity index (χ2v) is 11.2. The van der Waals surface area contributed by atoms with Gasteiger partial charge in [0.05, 0.1) is 0 Å². The first-order valence-electron chi connectivity index (χ1n) is 11.7. The third-order valence-corrected chi connectivity index (χ3v) is 10.3. The lowest BCUT2D eigenvalue weighted by molar-refractivity contribution is -0.144. The van der Waals surface area contributed by atoms with Gasteiger partial charge in [-0.1, -0.05) is 27.2 Å². The van der Waals surface area contributed by atoms with Gasteiger partial charge in [-0.05, 0) is 111 Å². The van der Waals surface area contributed by atoms with Crippen LogP contribution in [0.1, 0.15) is 97.8 Å². The molecule has 156 valence electrons. The maximum absolute atomic E-state index is 12.8. The van der Waals surface area contributed by atoms with E-state index >= 15 is 0 Å². The maximum atomic E-state index is 12.8. The molecule has 3 heteroatoms. The van der Waals surface area contributed by atoms with E-state index in [-0.39, 0.29) is 5.41 Å². The Labute approximate surface area is 164 Å². The van der Waals surface area contributed by atoms with E-state index in [1.165, 1.54) is 57.8 Å². The Balaban J connectivity index is 1.49. The molecule has 27 heavy (non-hydrogen) atoms. The summed E-state index contributed by atoms with van der Waals surface area (Å²) in [7, 11) is 0. The van der Waals surface area contributed by atoms with E-state index in [9.17, 15) is 13.2 Å². The first-order valence-corrected chi connectivity index (χ1v) is 11.7. The number of hydrogen-bond acceptors (Lipinski definition) is 0. The summed E-state index contributed by atoms with van der Waals surface area (Å²) in [4.78, 5) is 0. The molecule has 0 amide bonds. The standard InChI is InChI=1S/C24H39F3/c1-4-16-9-12-23(3)18(15-16)5-7-19-20-8-6-17(10-14-24(25,26)27)22(20,2)13-11-21(19)23/h16-21H,4-15H2,1-3H3/t16-,17?,18?,19-,20?,21?,22?,23?/m0/s1. The van der Waals surface area contributed by atoms with Crippen LogP contribution in [-0.2, 0) is 0 Å². The van der Waals surface area contributed by atoms with Gasteiger partial charge >= 0.3 is 6.18 Å². The van der Waals surface area contributed by atoms with Gasteiger partial charge in [0, 0.05) is 6.42 Å². The Bertz CT molecular complexity index is 540. The van der Waals surface area contributed by atoms with Crippen molar-refractivity contribution in [3.8, 4) is 0 Å². The van der Waals surface area contributed by atoms with E-state index in [1.54, 1.807) is 0 Å². The van der Waals surface area contributed by atoms with Crippen molar-refractivity contribution in [3.05, 3.63) is 0 Å². The molecule has 4 rings (SSSR count). The summed E-state index contributed by atoms with van der Waals surface area (Å²) >= 11 is 0. The molecular formula is C24H39F3. The van der Waals surface area contributed by atoms with Gasteiger partial charge in [-0.25, -0.2) is 0 Å². The minimum Gasteiger partial charge on any atom is -0.171 e. The summed E-state index contributed by atoms with van der Waals surface area (Å²) in [6.45, 7) is 7.31.